The fourth-order valence-electron chi connectivity index (χ4n) is 2.20. The van der Waals surface area contributed by atoms with Crippen LogP contribution in [0.25, 0.3) is 0 Å². The fraction of sp³-hybridized carbons (Fsp3) is 0.500. The Labute approximate surface area is 108 Å². The molecule has 0 aliphatic carbocycles. The van der Waals surface area contributed by atoms with E-state index >= 15 is 0 Å². The Morgan fingerprint density at radius 2 is 2.00 bits per heavy atom. The summed E-state index contributed by atoms with van der Waals surface area (Å²) in [6.07, 6.45) is 0.417. The van der Waals surface area contributed by atoms with Gasteiger partial charge in [-0.25, -0.2) is 0 Å². The van der Waals surface area contributed by atoms with Gasteiger partial charge < -0.3 is 10.5 Å². The number of Topliss-reactive ketones (excluding diaryl/α,β-unsaturated/α-hetero) is 1. The van der Waals surface area contributed by atoms with Crippen molar-refractivity contribution in [1.29, 1.82) is 0 Å². The molecule has 0 amide bonds. The molecule has 0 unspecified atom stereocenters. The SMILES string of the molecule is NCCC(=O)c1ccccc1CN1CCOCC1. The highest BCUT2D eigenvalue weighted by molar-refractivity contribution is 5.97. The molecule has 0 bridgehead atoms. The van der Waals surface area contributed by atoms with Gasteiger partial charge in [0.1, 0.15) is 0 Å². The zero-order valence-electron chi connectivity index (χ0n) is 10.6. The van der Waals surface area contributed by atoms with Gasteiger partial charge in [0.05, 0.1) is 13.2 Å². The number of carbonyl (C=O) groups excluding carboxylic acids is 1. The molecule has 1 fully saturated rings. The van der Waals surface area contributed by atoms with Crippen molar-refractivity contribution in [2.45, 2.75) is 13.0 Å². The van der Waals surface area contributed by atoms with E-state index in [0.29, 0.717) is 13.0 Å². The van der Waals surface area contributed by atoms with Crippen molar-refractivity contribution in [2.24, 2.45) is 5.73 Å². The summed E-state index contributed by atoms with van der Waals surface area (Å²) in [6.45, 7) is 4.64. The normalized spacial score (nSPS) is 16.7. The monoisotopic (exact) mass is 248 g/mol. The molecule has 1 saturated heterocycles. The number of nitrogens with zero attached hydrogens (tertiary/aromatic N) is 1. The summed E-state index contributed by atoms with van der Waals surface area (Å²) in [6, 6.07) is 7.81. The van der Waals surface area contributed by atoms with E-state index in [0.717, 1.165) is 44.0 Å². The number of carbonyl (C=O) groups is 1. The maximum absolute atomic E-state index is 12.0. The van der Waals surface area contributed by atoms with Crippen LogP contribution in [-0.4, -0.2) is 43.5 Å². The highest BCUT2D eigenvalue weighted by Crippen LogP contribution is 2.14. The van der Waals surface area contributed by atoms with Gasteiger partial charge in [-0.2, -0.15) is 0 Å². The summed E-state index contributed by atoms with van der Waals surface area (Å²) < 4.78 is 5.33. The van der Waals surface area contributed by atoms with Gasteiger partial charge in [0.25, 0.3) is 0 Å². The van der Waals surface area contributed by atoms with Crippen molar-refractivity contribution in [3.63, 3.8) is 0 Å². The van der Waals surface area contributed by atoms with E-state index in [4.69, 9.17) is 10.5 Å². The Balaban J connectivity index is 2.08. The topological polar surface area (TPSA) is 55.6 Å². The van der Waals surface area contributed by atoms with Crippen molar-refractivity contribution in [2.75, 3.05) is 32.8 Å². The van der Waals surface area contributed by atoms with E-state index in [1.54, 1.807) is 0 Å². The van der Waals surface area contributed by atoms with Gasteiger partial charge in [-0.1, -0.05) is 24.3 Å². The molecule has 0 saturated carbocycles. The van der Waals surface area contributed by atoms with E-state index in [9.17, 15) is 4.79 Å². The van der Waals surface area contributed by atoms with E-state index < -0.39 is 0 Å². The first-order valence-corrected chi connectivity index (χ1v) is 6.42. The first-order chi connectivity index (χ1) is 8.81. The third-order valence-corrected chi connectivity index (χ3v) is 3.19. The summed E-state index contributed by atoms with van der Waals surface area (Å²) in [7, 11) is 0. The van der Waals surface area contributed by atoms with E-state index in [1.165, 1.54) is 0 Å². The lowest BCUT2D eigenvalue weighted by Crippen LogP contribution is -2.36. The molecule has 0 atom stereocenters. The van der Waals surface area contributed by atoms with Gasteiger partial charge in [-0.3, -0.25) is 9.69 Å². The minimum Gasteiger partial charge on any atom is -0.379 e. The number of benzene rings is 1. The summed E-state index contributed by atoms with van der Waals surface area (Å²) in [5, 5.41) is 0. The quantitative estimate of drug-likeness (QED) is 0.791. The summed E-state index contributed by atoms with van der Waals surface area (Å²) in [5.41, 5.74) is 7.36. The summed E-state index contributed by atoms with van der Waals surface area (Å²) >= 11 is 0. The standard InChI is InChI=1S/C14H20N2O2/c15-6-5-14(17)13-4-2-1-3-12(13)11-16-7-9-18-10-8-16/h1-4H,5-11,15H2. The molecule has 4 nitrogen and oxygen atoms in total. The Morgan fingerprint density at radius 3 is 2.72 bits per heavy atom. The molecule has 1 aromatic rings. The molecular weight excluding hydrogens is 228 g/mol. The maximum Gasteiger partial charge on any atom is 0.164 e. The average molecular weight is 248 g/mol. The predicted octanol–water partition coefficient (Wildman–Crippen LogP) is 1.05. The number of hydrogen-bond acceptors (Lipinski definition) is 4. The van der Waals surface area contributed by atoms with Crippen LogP contribution in [0, 0.1) is 0 Å². The van der Waals surface area contributed by atoms with E-state index in [-0.39, 0.29) is 5.78 Å². The average Bonchev–Trinajstić information content (AvgIpc) is 2.41. The molecule has 1 aromatic carbocycles. The lowest BCUT2D eigenvalue weighted by molar-refractivity contribution is 0.0341. The van der Waals surface area contributed by atoms with Crippen LogP contribution in [0.3, 0.4) is 0 Å². The van der Waals surface area contributed by atoms with Gasteiger partial charge in [0.15, 0.2) is 5.78 Å². The lowest BCUT2D eigenvalue weighted by Gasteiger charge is -2.27. The Morgan fingerprint density at radius 1 is 1.28 bits per heavy atom. The second-order valence-electron chi connectivity index (χ2n) is 4.51. The maximum atomic E-state index is 12.0. The third kappa shape index (κ3) is 3.38. The first-order valence-electron chi connectivity index (χ1n) is 6.42. The Hall–Kier alpha value is -1.23. The van der Waals surface area contributed by atoms with Crippen LogP contribution < -0.4 is 5.73 Å². The van der Waals surface area contributed by atoms with Gasteiger partial charge in [0.2, 0.25) is 0 Å². The van der Waals surface area contributed by atoms with Crippen molar-refractivity contribution in [3.05, 3.63) is 35.4 Å². The lowest BCUT2D eigenvalue weighted by atomic mass is 10.0. The van der Waals surface area contributed by atoms with Crippen molar-refractivity contribution in [1.82, 2.24) is 4.90 Å². The van der Waals surface area contributed by atoms with Crippen molar-refractivity contribution in [3.8, 4) is 0 Å². The highest BCUT2D eigenvalue weighted by Gasteiger charge is 2.15. The highest BCUT2D eigenvalue weighted by atomic mass is 16.5. The fourth-order valence-corrected chi connectivity index (χ4v) is 2.20. The van der Waals surface area contributed by atoms with Gasteiger partial charge in [0, 0.05) is 31.6 Å². The van der Waals surface area contributed by atoms with Crippen LogP contribution in [0.4, 0.5) is 0 Å². The van der Waals surface area contributed by atoms with Gasteiger partial charge in [-0.05, 0) is 12.1 Å². The molecule has 1 heterocycles. The molecule has 1 aliphatic heterocycles. The molecule has 2 N–H and O–H groups in total. The summed E-state index contributed by atoms with van der Waals surface area (Å²) in [4.78, 5) is 14.3. The first kappa shape index (κ1) is 13.2. The number of hydrogen-bond donors (Lipinski definition) is 1. The largest absolute Gasteiger partial charge is 0.379 e. The van der Waals surface area contributed by atoms with E-state index in [1.807, 2.05) is 24.3 Å². The molecule has 0 aromatic heterocycles. The third-order valence-electron chi connectivity index (χ3n) is 3.19. The molecule has 4 heteroatoms. The number of morpholine rings is 1. The number of nitrogens with two attached hydrogens (primary N) is 1. The van der Waals surface area contributed by atoms with Gasteiger partial charge >= 0.3 is 0 Å². The van der Waals surface area contributed by atoms with Crippen LogP contribution in [-0.2, 0) is 11.3 Å². The van der Waals surface area contributed by atoms with Crippen LogP contribution >= 0.6 is 0 Å². The second kappa shape index (κ2) is 6.64. The number of ether oxygens (including phenoxy) is 1. The van der Waals surface area contributed by atoms with Crippen molar-refractivity contribution < 1.29 is 9.53 Å². The molecule has 2 rings (SSSR count). The Kier molecular flexibility index (Phi) is 4.87. The van der Waals surface area contributed by atoms with Crippen molar-refractivity contribution >= 4 is 5.78 Å². The predicted molar refractivity (Wildman–Crippen MR) is 70.5 cm³/mol. The molecule has 98 valence electrons. The van der Waals surface area contributed by atoms with Gasteiger partial charge in [-0.15, -0.1) is 0 Å². The summed E-state index contributed by atoms with van der Waals surface area (Å²) in [5.74, 6) is 0.140. The molecule has 0 radical (unpaired) electrons. The van der Waals surface area contributed by atoms with Crippen LogP contribution in [0.5, 0.6) is 0 Å². The molecule has 0 spiro atoms. The van der Waals surface area contributed by atoms with Crippen LogP contribution in [0.1, 0.15) is 22.3 Å². The molecular formula is C14H20N2O2. The zero-order valence-corrected chi connectivity index (χ0v) is 10.6. The molecule has 18 heavy (non-hydrogen) atoms. The zero-order chi connectivity index (χ0) is 12.8. The van der Waals surface area contributed by atoms with Crippen LogP contribution in [0.2, 0.25) is 0 Å². The minimum atomic E-state index is 0.140. The van der Waals surface area contributed by atoms with E-state index in [2.05, 4.69) is 4.90 Å². The Bertz CT molecular complexity index is 401. The number of rotatable bonds is 5. The second-order valence-corrected chi connectivity index (χ2v) is 4.51. The smallest absolute Gasteiger partial charge is 0.164 e. The number of ketones is 1. The minimum absolute atomic E-state index is 0.140. The van der Waals surface area contributed by atoms with Crippen LogP contribution in [0.15, 0.2) is 24.3 Å². The molecule has 1 aliphatic rings.